The summed E-state index contributed by atoms with van der Waals surface area (Å²) in [7, 11) is 0. The van der Waals surface area contributed by atoms with E-state index in [0.29, 0.717) is 6.04 Å². The Morgan fingerprint density at radius 2 is 1.60 bits per heavy atom. The molecule has 0 amide bonds. The zero-order valence-electron chi connectivity index (χ0n) is 9.44. The first-order valence-electron chi connectivity index (χ1n) is 5.78. The summed E-state index contributed by atoms with van der Waals surface area (Å²) >= 11 is 5.70. The van der Waals surface area contributed by atoms with Gasteiger partial charge in [-0.15, -0.1) is 0 Å². The van der Waals surface area contributed by atoms with E-state index in [1.54, 1.807) is 0 Å². The Morgan fingerprint density at radius 3 is 1.93 bits per heavy atom. The van der Waals surface area contributed by atoms with Gasteiger partial charge < -0.3 is 0 Å². The summed E-state index contributed by atoms with van der Waals surface area (Å²) in [5.41, 5.74) is 5.99. The molecule has 1 N–H and O–H groups in total. The molecule has 1 nitrogen and oxygen atoms in total. The lowest BCUT2D eigenvalue weighted by molar-refractivity contribution is 0.665. The lowest BCUT2D eigenvalue weighted by Crippen LogP contribution is -2.20. The maximum atomic E-state index is 5.70. The van der Waals surface area contributed by atoms with Gasteiger partial charge in [0.2, 0.25) is 0 Å². The Morgan fingerprint density at radius 1 is 1.13 bits per heavy atom. The van der Waals surface area contributed by atoms with Crippen LogP contribution in [0.2, 0.25) is 0 Å². The molecule has 0 atom stereocenters. The lowest BCUT2D eigenvalue weighted by Gasteiger charge is -2.09. The van der Waals surface area contributed by atoms with Crippen molar-refractivity contribution >= 4 is 11.8 Å². The van der Waals surface area contributed by atoms with E-state index in [4.69, 9.17) is 11.8 Å². The first kappa shape index (κ1) is 11.0. The molecular formula is C13H18ClN. The minimum Gasteiger partial charge on any atom is -0.230 e. The van der Waals surface area contributed by atoms with Gasteiger partial charge >= 0.3 is 0 Å². The summed E-state index contributed by atoms with van der Waals surface area (Å²) in [5.74, 6) is 0. The van der Waals surface area contributed by atoms with Crippen LogP contribution in [0.3, 0.4) is 0 Å². The van der Waals surface area contributed by atoms with E-state index in [1.165, 1.54) is 22.3 Å². The molecule has 0 aromatic heterocycles. The molecule has 1 aromatic carbocycles. The Bertz CT molecular complexity index is 327. The second-order valence-corrected chi connectivity index (χ2v) is 4.53. The SMILES string of the molecule is CCc1cc2c(cc1CC)CC(NCl)C2. The molecule has 0 aliphatic heterocycles. The molecule has 0 saturated heterocycles. The normalized spacial score (nSPS) is 15.7. The molecule has 1 aliphatic rings. The number of benzene rings is 1. The lowest BCUT2D eigenvalue weighted by atomic mass is 9.97. The molecule has 2 heteroatoms. The van der Waals surface area contributed by atoms with Gasteiger partial charge in [-0.05, 0) is 59.7 Å². The molecule has 0 bridgehead atoms. The maximum absolute atomic E-state index is 5.70. The number of aryl methyl sites for hydroxylation is 2. The van der Waals surface area contributed by atoms with Crippen molar-refractivity contribution in [1.29, 1.82) is 0 Å². The highest BCUT2D eigenvalue weighted by atomic mass is 35.5. The summed E-state index contributed by atoms with van der Waals surface area (Å²) in [6, 6.07) is 5.18. The number of hydrogen-bond donors (Lipinski definition) is 1. The predicted octanol–water partition coefficient (Wildman–Crippen LogP) is 3.02. The highest BCUT2D eigenvalue weighted by Gasteiger charge is 2.21. The van der Waals surface area contributed by atoms with E-state index in [0.717, 1.165) is 25.7 Å². The van der Waals surface area contributed by atoms with Crippen molar-refractivity contribution in [3.8, 4) is 0 Å². The Balaban J connectivity index is 2.35. The van der Waals surface area contributed by atoms with Crippen LogP contribution in [0.1, 0.15) is 36.1 Å². The second-order valence-electron chi connectivity index (χ2n) is 4.31. The van der Waals surface area contributed by atoms with Crippen LogP contribution < -0.4 is 4.84 Å². The molecular weight excluding hydrogens is 206 g/mol. The smallest absolute Gasteiger partial charge is 0.0301 e. The number of rotatable bonds is 3. The van der Waals surface area contributed by atoms with Gasteiger partial charge in [-0.1, -0.05) is 26.0 Å². The van der Waals surface area contributed by atoms with Crippen LogP contribution in [-0.2, 0) is 25.7 Å². The van der Waals surface area contributed by atoms with E-state index >= 15 is 0 Å². The average Bonchev–Trinajstić information content (AvgIpc) is 2.68. The minimum atomic E-state index is 0.429. The first-order valence-corrected chi connectivity index (χ1v) is 6.16. The van der Waals surface area contributed by atoms with Crippen LogP contribution in [0, 0.1) is 0 Å². The van der Waals surface area contributed by atoms with Crippen molar-refractivity contribution in [3.05, 3.63) is 34.4 Å². The fourth-order valence-corrected chi connectivity index (χ4v) is 2.66. The van der Waals surface area contributed by atoms with Crippen molar-refractivity contribution in [3.63, 3.8) is 0 Å². The third-order valence-corrected chi connectivity index (χ3v) is 3.68. The molecule has 0 heterocycles. The topological polar surface area (TPSA) is 12.0 Å². The van der Waals surface area contributed by atoms with Gasteiger partial charge in [0.15, 0.2) is 0 Å². The molecule has 15 heavy (non-hydrogen) atoms. The highest BCUT2D eigenvalue weighted by molar-refractivity contribution is 6.13. The summed E-state index contributed by atoms with van der Waals surface area (Å²) in [6.07, 6.45) is 4.43. The molecule has 1 aromatic rings. The molecule has 0 radical (unpaired) electrons. The molecule has 1 aliphatic carbocycles. The number of halogens is 1. The van der Waals surface area contributed by atoms with Crippen LogP contribution in [0.4, 0.5) is 0 Å². The van der Waals surface area contributed by atoms with Gasteiger partial charge in [0.25, 0.3) is 0 Å². The van der Waals surface area contributed by atoms with E-state index in [-0.39, 0.29) is 0 Å². The Labute approximate surface area is 96.9 Å². The van der Waals surface area contributed by atoms with E-state index in [2.05, 4.69) is 30.8 Å². The van der Waals surface area contributed by atoms with E-state index in [1.807, 2.05) is 0 Å². The summed E-state index contributed by atoms with van der Waals surface area (Å²) in [6.45, 7) is 4.46. The fourth-order valence-electron chi connectivity index (χ4n) is 2.51. The third kappa shape index (κ3) is 2.04. The molecule has 0 saturated carbocycles. The summed E-state index contributed by atoms with van der Waals surface area (Å²) in [5, 5.41) is 0. The predicted molar refractivity (Wildman–Crippen MR) is 65.4 cm³/mol. The van der Waals surface area contributed by atoms with Crippen molar-refractivity contribution in [2.45, 2.75) is 45.6 Å². The molecule has 0 unspecified atom stereocenters. The number of fused-ring (bicyclic) bond motifs is 1. The molecule has 0 spiro atoms. The zero-order valence-corrected chi connectivity index (χ0v) is 10.2. The van der Waals surface area contributed by atoms with E-state index in [9.17, 15) is 0 Å². The zero-order chi connectivity index (χ0) is 10.8. The summed E-state index contributed by atoms with van der Waals surface area (Å²) < 4.78 is 0. The largest absolute Gasteiger partial charge is 0.230 e. The van der Waals surface area contributed by atoms with Gasteiger partial charge in [0.1, 0.15) is 0 Å². The van der Waals surface area contributed by atoms with Gasteiger partial charge in [-0.2, -0.15) is 0 Å². The van der Waals surface area contributed by atoms with E-state index < -0.39 is 0 Å². The monoisotopic (exact) mass is 223 g/mol. The third-order valence-electron chi connectivity index (χ3n) is 3.37. The highest BCUT2D eigenvalue weighted by Crippen LogP contribution is 2.26. The van der Waals surface area contributed by atoms with Gasteiger partial charge in [0.05, 0.1) is 0 Å². The van der Waals surface area contributed by atoms with Crippen LogP contribution in [0.5, 0.6) is 0 Å². The Kier molecular flexibility index (Phi) is 3.32. The van der Waals surface area contributed by atoms with Gasteiger partial charge in [-0.25, -0.2) is 4.84 Å². The van der Waals surface area contributed by atoms with Gasteiger partial charge in [0, 0.05) is 6.04 Å². The van der Waals surface area contributed by atoms with Crippen LogP contribution in [-0.4, -0.2) is 6.04 Å². The number of hydrogen-bond acceptors (Lipinski definition) is 1. The molecule has 2 rings (SSSR count). The minimum absolute atomic E-state index is 0.429. The maximum Gasteiger partial charge on any atom is 0.0301 e. The van der Waals surface area contributed by atoms with Crippen molar-refractivity contribution in [2.24, 2.45) is 0 Å². The fraction of sp³-hybridized carbons (Fsp3) is 0.538. The van der Waals surface area contributed by atoms with Crippen molar-refractivity contribution in [1.82, 2.24) is 4.84 Å². The van der Waals surface area contributed by atoms with Crippen LogP contribution >= 0.6 is 11.8 Å². The van der Waals surface area contributed by atoms with Crippen molar-refractivity contribution < 1.29 is 0 Å². The molecule has 0 fully saturated rings. The van der Waals surface area contributed by atoms with Crippen LogP contribution in [0.15, 0.2) is 12.1 Å². The quantitative estimate of drug-likeness (QED) is 0.777. The second kappa shape index (κ2) is 4.54. The van der Waals surface area contributed by atoms with Gasteiger partial charge in [-0.3, -0.25) is 0 Å². The first-order chi connectivity index (χ1) is 7.28. The van der Waals surface area contributed by atoms with Crippen molar-refractivity contribution in [2.75, 3.05) is 0 Å². The summed E-state index contributed by atoms with van der Waals surface area (Å²) in [4.78, 5) is 2.86. The van der Waals surface area contributed by atoms with Crippen LogP contribution in [0.25, 0.3) is 0 Å². The standard InChI is InChI=1S/C13H18ClN/c1-3-9-5-11-7-13(15-14)8-12(11)6-10(9)4-2/h5-6,13,15H,3-4,7-8H2,1-2H3. The average molecular weight is 224 g/mol. The number of nitrogens with one attached hydrogen (secondary N) is 1. The Hall–Kier alpha value is -0.530. The molecule has 82 valence electrons.